The Labute approximate surface area is 172 Å². The molecule has 6 nitrogen and oxygen atoms in total. The highest BCUT2D eigenvalue weighted by molar-refractivity contribution is 7.80. The monoisotopic (exact) mass is 406 g/mol. The summed E-state index contributed by atoms with van der Waals surface area (Å²) in [5.74, 6) is 1.47. The molecule has 1 aliphatic heterocycles. The number of benzene rings is 1. The highest BCUT2D eigenvalue weighted by atomic mass is 32.1. The van der Waals surface area contributed by atoms with Crippen molar-refractivity contribution in [3.63, 3.8) is 0 Å². The van der Waals surface area contributed by atoms with Gasteiger partial charge in [0.25, 0.3) is 0 Å². The van der Waals surface area contributed by atoms with Crippen molar-refractivity contribution in [2.24, 2.45) is 5.92 Å². The van der Waals surface area contributed by atoms with Gasteiger partial charge in [0.15, 0.2) is 16.6 Å². The number of allylic oxidation sites excluding steroid dienone is 1. The Balaban J connectivity index is 2.33. The smallest absolute Gasteiger partial charge is 0.338 e. The van der Waals surface area contributed by atoms with Crippen LogP contribution < -0.4 is 20.1 Å². The number of ether oxygens (including phenoxy) is 3. The van der Waals surface area contributed by atoms with Crippen LogP contribution >= 0.6 is 12.2 Å². The highest BCUT2D eigenvalue weighted by Crippen LogP contribution is 2.34. The van der Waals surface area contributed by atoms with Crippen molar-refractivity contribution < 1.29 is 19.0 Å². The zero-order valence-electron chi connectivity index (χ0n) is 17.4. The molecular formula is C21H30N2O4S. The van der Waals surface area contributed by atoms with Gasteiger partial charge in [-0.15, -0.1) is 0 Å². The zero-order valence-corrected chi connectivity index (χ0v) is 18.2. The largest absolute Gasteiger partial charge is 0.493 e. The Morgan fingerprint density at radius 2 is 1.93 bits per heavy atom. The maximum Gasteiger partial charge on any atom is 0.338 e. The lowest BCUT2D eigenvalue weighted by molar-refractivity contribution is -0.143. The molecule has 7 heteroatoms. The van der Waals surface area contributed by atoms with Gasteiger partial charge in [0.2, 0.25) is 0 Å². The lowest BCUT2D eigenvalue weighted by Gasteiger charge is -2.30. The van der Waals surface area contributed by atoms with E-state index in [1.807, 2.05) is 39.0 Å². The molecule has 0 amide bonds. The van der Waals surface area contributed by atoms with Gasteiger partial charge < -0.3 is 24.8 Å². The first-order chi connectivity index (χ1) is 13.2. The molecule has 0 fully saturated rings. The number of nitrogens with one attached hydrogen (secondary N) is 2. The van der Waals surface area contributed by atoms with E-state index < -0.39 is 6.04 Å². The minimum absolute atomic E-state index is 0.214. The molecule has 0 spiro atoms. The SMILES string of the molecule is COc1cc([C@@H]2NC(=S)NC(C)=C2C(=O)OC(C)C)ccc1OCCC(C)C. The van der Waals surface area contributed by atoms with E-state index in [1.165, 1.54) is 0 Å². The number of hydrogen-bond donors (Lipinski definition) is 2. The lowest BCUT2D eigenvalue weighted by Crippen LogP contribution is -2.45. The molecule has 1 atom stereocenters. The molecule has 2 N–H and O–H groups in total. The third-order valence-corrected chi connectivity index (χ3v) is 4.53. The van der Waals surface area contributed by atoms with Crippen molar-refractivity contribution >= 4 is 23.3 Å². The maximum absolute atomic E-state index is 12.7. The summed E-state index contributed by atoms with van der Waals surface area (Å²) >= 11 is 5.29. The Morgan fingerprint density at radius 3 is 2.54 bits per heavy atom. The minimum Gasteiger partial charge on any atom is -0.493 e. The standard InChI is InChI=1S/C21H30N2O4S/c1-12(2)9-10-26-16-8-7-15(11-17(16)25-6)19-18(20(24)27-13(3)4)14(5)22-21(28)23-19/h7-8,11-13,19H,9-10H2,1-6H3,(H2,22,23,28)/t19-/m0/s1. The van der Waals surface area contributed by atoms with E-state index in [-0.39, 0.29) is 12.1 Å². The topological polar surface area (TPSA) is 68.8 Å². The number of carbonyl (C=O) groups excluding carboxylic acids is 1. The molecule has 0 aliphatic carbocycles. The van der Waals surface area contributed by atoms with Gasteiger partial charge >= 0.3 is 5.97 Å². The van der Waals surface area contributed by atoms with Crippen molar-refractivity contribution in [3.8, 4) is 11.5 Å². The van der Waals surface area contributed by atoms with Gasteiger partial charge in [0.05, 0.1) is 31.4 Å². The van der Waals surface area contributed by atoms with Gasteiger partial charge in [0.1, 0.15) is 0 Å². The van der Waals surface area contributed by atoms with Crippen LogP contribution in [0.4, 0.5) is 0 Å². The fraction of sp³-hybridized carbons (Fsp3) is 0.524. The third kappa shape index (κ3) is 5.61. The van der Waals surface area contributed by atoms with Gasteiger partial charge in [-0.2, -0.15) is 0 Å². The molecule has 154 valence electrons. The van der Waals surface area contributed by atoms with E-state index in [1.54, 1.807) is 7.11 Å². The van der Waals surface area contributed by atoms with Crippen molar-refractivity contribution in [1.82, 2.24) is 10.6 Å². The van der Waals surface area contributed by atoms with E-state index in [0.29, 0.717) is 40.4 Å². The first-order valence-electron chi connectivity index (χ1n) is 9.52. The van der Waals surface area contributed by atoms with Crippen LogP contribution in [0, 0.1) is 5.92 Å². The van der Waals surface area contributed by atoms with E-state index in [9.17, 15) is 4.79 Å². The molecule has 2 rings (SSSR count). The third-order valence-electron chi connectivity index (χ3n) is 4.31. The van der Waals surface area contributed by atoms with Gasteiger partial charge in [-0.25, -0.2) is 4.79 Å². The normalized spacial score (nSPS) is 16.7. The second-order valence-electron chi connectivity index (χ2n) is 7.47. The summed E-state index contributed by atoms with van der Waals surface area (Å²) < 4.78 is 16.8. The summed E-state index contributed by atoms with van der Waals surface area (Å²) in [7, 11) is 1.60. The molecule has 0 aromatic heterocycles. The lowest BCUT2D eigenvalue weighted by atomic mass is 9.95. The summed E-state index contributed by atoms with van der Waals surface area (Å²) in [6, 6.07) is 5.21. The van der Waals surface area contributed by atoms with E-state index in [2.05, 4.69) is 24.5 Å². The Morgan fingerprint density at radius 1 is 1.21 bits per heavy atom. The minimum atomic E-state index is -0.432. The molecule has 1 aromatic carbocycles. The van der Waals surface area contributed by atoms with Gasteiger partial charge in [0, 0.05) is 5.70 Å². The van der Waals surface area contributed by atoms with Crippen molar-refractivity contribution in [2.45, 2.75) is 53.2 Å². The molecule has 0 saturated carbocycles. The number of esters is 1. The molecule has 1 heterocycles. The Bertz CT molecular complexity index is 759. The summed E-state index contributed by atoms with van der Waals surface area (Å²) in [4.78, 5) is 12.7. The number of hydrogen-bond acceptors (Lipinski definition) is 5. The van der Waals surface area contributed by atoms with E-state index in [4.69, 9.17) is 26.4 Å². The number of carbonyl (C=O) groups is 1. The molecule has 0 unspecified atom stereocenters. The zero-order chi connectivity index (χ0) is 20.8. The predicted molar refractivity (Wildman–Crippen MR) is 113 cm³/mol. The number of thiocarbonyl (C=S) groups is 1. The van der Waals surface area contributed by atoms with Crippen LogP contribution in [0.15, 0.2) is 29.5 Å². The molecule has 0 radical (unpaired) electrons. The Kier molecular flexibility index (Phi) is 7.69. The molecule has 0 bridgehead atoms. The van der Waals surface area contributed by atoms with Crippen molar-refractivity contribution in [3.05, 3.63) is 35.0 Å². The fourth-order valence-corrected chi connectivity index (χ4v) is 3.15. The molecular weight excluding hydrogens is 376 g/mol. The summed E-state index contributed by atoms with van der Waals surface area (Å²) in [5.41, 5.74) is 2.01. The predicted octanol–water partition coefficient (Wildman–Crippen LogP) is 3.86. The van der Waals surface area contributed by atoms with Crippen molar-refractivity contribution in [1.29, 1.82) is 0 Å². The van der Waals surface area contributed by atoms with E-state index >= 15 is 0 Å². The van der Waals surface area contributed by atoms with E-state index in [0.717, 1.165) is 12.0 Å². The van der Waals surface area contributed by atoms with Crippen LogP contribution in [0.1, 0.15) is 52.6 Å². The summed E-state index contributed by atoms with van der Waals surface area (Å²) in [6.07, 6.45) is 0.746. The molecule has 1 aromatic rings. The molecule has 1 aliphatic rings. The highest BCUT2D eigenvalue weighted by Gasteiger charge is 2.32. The molecule has 28 heavy (non-hydrogen) atoms. The van der Waals surface area contributed by atoms with Gasteiger partial charge in [-0.1, -0.05) is 19.9 Å². The van der Waals surface area contributed by atoms with Crippen LogP contribution in [-0.2, 0) is 9.53 Å². The van der Waals surface area contributed by atoms with Crippen LogP contribution in [0.5, 0.6) is 11.5 Å². The average Bonchev–Trinajstić information content (AvgIpc) is 2.60. The number of methoxy groups -OCH3 is 1. The average molecular weight is 407 g/mol. The Hall–Kier alpha value is -2.28. The second kappa shape index (κ2) is 9.78. The maximum atomic E-state index is 12.7. The second-order valence-corrected chi connectivity index (χ2v) is 7.87. The van der Waals surface area contributed by atoms with Gasteiger partial charge in [-0.3, -0.25) is 0 Å². The van der Waals surface area contributed by atoms with Gasteiger partial charge in [-0.05, 0) is 63.0 Å². The quantitative estimate of drug-likeness (QED) is 0.502. The summed E-state index contributed by atoms with van der Waals surface area (Å²) in [6.45, 7) is 10.4. The van der Waals surface area contributed by atoms with Crippen molar-refractivity contribution in [2.75, 3.05) is 13.7 Å². The van der Waals surface area contributed by atoms with Crippen LogP contribution in [0.3, 0.4) is 0 Å². The number of rotatable bonds is 8. The first-order valence-corrected chi connectivity index (χ1v) is 9.93. The summed E-state index contributed by atoms with van der Waals surface area (Å²) in [5, 5.41) is 6.62. The van der Waals surface area contributed by atoms with Crippen LogP contribution in [-0.4, -0.2) is 30.9 Å². The fourth-order valence-electron chi connectivity index (χ4n) is 2.88. The van der Waals surface area contributed by atoms with Crippen LogP contribution in [0.2, 0.25) is 0 Å². The molecule has 0 saturated heterocycles. The first kappa shape index (κ1) is 22.0. The van der Waals surface area contributed by atoms with Crippen LogP contribution in [0.25, 0.3) is 0 Å².